The minimum atomic E-state index is 0.263. The van der Waals surface area contributed by atoms with E-state index in [1.54, 1.807) is 0 Å². The third kappa shape index (κ3) is 5.16. The highest BCUT2D eigenvalue weighted by Crippen LogP contribution is 2.34. The number of nitrogens with one attached hydrogen (secondary N) is 1. The molecule has 0 aliphatic carbocycles. The molecule has 0 aliphatic rings. The summed E-state index contributed by atoms with van der Waals surface area (Å²) >= 11 is 0. The first-order valence-corrected chi connectivity index (χ1v) is 12.0. The van der Waals surface area contributed by atoms with Gasteiger partial charge in [0.1, 0.15) is 0 Å². The maximum absolute atomic E-state index is 6.43. The Bertz CT molecular complexity index is 1140. The Hall–Kier alpha value is -2.65. The fourth-order valence-electron chi connectivity index (χ4n) is 4.53. The molecule has 0 saturated heterocycles. The average Bonchev–Trinajstić information content (AvgIpc) is 2.81. The summed E-state index contributed by atoms with van der Waals surface area (Å²) < 4.78 is 0. The van der Waals surface area contributed by atoms with Crippen LogP contribution in [0.1, 0.15) is 58.3 Å². The summed E-state index contributed by atoms with van der Waals surface area (Å²) in [6, 6.07) is 21.6. The lowest BCUT2D eigenvalue weighted by atomic mass is 10.0. The Morgan fingerprint density at radius 3 is 2.39 bits per heavy atom. The van der Waals surface area contributed by atoms with Crippen molar-refractivity contribution in [1.29, 1.82) is 0 Å². The van der Waals surface area contributed by atoms with Crippen molar-refractivity contribution in [2.75, 3.05) is 11.9 Å². The molecule has 3 heteroatoms. The number of fused-ring (bicyclic) bond motifs is 4. The van der Waals surface area contributed by atoms with E-state index in [2.05, 4.69) is 72.9 Å². The van der Waals surface area contributed by atoms with Crippen molar-refractivity contribution in [3.63, 3.8) is 0 Å². The van der Waals surface area contributed by atoms with Crippen LogP contribution in [0.5, 0.6) is 0 Å². The van der Waals surface area contributed by atoms with Crippen LogP contribution >= 0.6 is 0 Å². The predicted molar refractivity (Wildman–Crippen MR) is 136 cm³/mol. The number of hydrogen-bond donors (Lipinski definition) is 2. The van der Waals surface area contributed by atoms with Crippen LogP contribution in [0.2, 0.25) is 0 Å². The molecule has 0 bridgehead atoms. The van der Waals surface area contributed by atoms with E-state index in [-0.39, 0.29) is 6.04 Å². The van der Waals surface area contributed by atoms with Crippen LogP contribution in [0.3, 0.4) is 0 Å². The second-order valence-electron chi connectivity index (χ2n) is 8.72. The molecule has 1 heterocycles. The highest BCUT2D eigenvalue weighted by Gasteiger charge is 2.12. The topological polar surface area (TPSA) is 50.9 Å². The fraction of sp³-hybridized carbons (Fsp3) is 0.393. The molecule has 1 unspecified atom stereocenters. The molecular weight excluding hydrogens is 378 g/mol. The minimum Gasteiger partial charge on any atom is -0.384 e. The third-order valence-electron chi connectivity index (χ3n) is 6.32. The molecule has 4 rings (SSSR count). The number of rotatable bonds is 11. The van der Waals surface area contributed by atoms with Crippen LogP contribution in [-0.4, -0.2) is 17.6 Å². The second-order valence-corrected chi connectivity index (χ2v) is 8.72. The molecule has 1 atom stereocenters. The lowest BCUT2D eigenvalue weighted by molar-refractivity contribution is 0.520. The molecular formula is C28H35N3. The zero-order chi connectivity index (χ0) is 21.5. The largest absolute Gasteiger partial charge is 0.384 e. The van der Waals surface area contributed by atoms with Crippen molar-refractivity contribution >= 4 is 38.3 Å². The van der Waals surface area contributed by atoms with E-state index in [0.717, 1.165) is 30.4 Å². The van der Waals surface area contributed by atoms with Gasteiger partial charge in [-0.05, 0) is 24.3 Å². The molecule has 3 N–H and O–H groups in total. The van der Waals surface area contributed by atoms with Crippen LogP contribution < -0.4 is 11.1 Å². The minimum absolute atomic E-state index is 0.263. The van der Waals surface area contributed by atoms with E-state index in [4.69, 9.17) is 10.7 Å². The van der Waals surface area contributed by atoms with E-state index in [0.29, 0.717) is 0 Å². The van der Waals surface area contributed by atoms with Gasteiger partial charge in [0, 0.05) is 28.7 Å². The Morgan fingerprint density at radius 1 is 0.774 bits per heavy atom. The average molecular weight is 414 g/mol. The van der Waals surface area contributed by atoms with Gasteiger partial charge in [-0.1, -0.05) is 100 Å². The zero-order valence-corrected chi connectivity index (χ0v) is 18.7. The molecule has 4 aromatic rings. The van der Waals surface area contributed by atoms with Gasteiger partial charge < -0.3 is 11.1 Å². The molecule has 0 spiro atoms. The summed E-state index contributed by atoms with van der Waals surface area (Å²) in [6.45, 7) is 3.15. The Balaban J connectivity index is 1.48. The first-order chi connectivity index (χ1) is 15.3. The maximum atomic E-state index is 6.43. The summed E-state index contributed by atoms with van der Waals surface area (Å²) in [5, 5.41) is 8.51. The first-order valence-electron chi connectivity index (χ1n) is 12.0. The number of hydrogen-bond acceptors (Lipinski definition) is 3. The highest BCUT2D eigenvalue weighted by molar-refractivity contribution is 6.15. The summed E-state index contributed by atoms with van der Waals surface area (Å²) in [7, 11) is 0. The van der Waals surface area contributed by atoms with E-state index in [1.807, 2.05) is 0 Å². The highest BCUT2D eigenvalue weighted by atomic mass is 14.9. The number of aromatic nitrogens is 1. The number of benzene rings is 3. The lowest BCUT2D eigenvalue weighted by Gasteiger charge is -2.16. The quantitative estimate of drug-likeness (QED) is 0.153. The fourth-order valence-corrected chi connectivity index (χ4v) is 4.53. The molecule has 3 aromatic carbocycles. The van der Waals surface area contributed by atoms with Gasteiger partial charge in [-0.3, -0.25) is 0 Å². The van der Waals surface area contributed by atoms with Crippen molar-refractivity contribution in [3.05, 3.63) is 60.7 Å². The van der Waals surface area contributed by atoms with Crippen molar-refractivity contribution in [2.45, 2.75) is 64.3 Å². The maximum Gasteiger partial charge on any atom is 0.0808 e. The second kappa shape index (κ2) is 10.6. The number of pyridine rings is 1. The molecule has 0 fully saturated rings. The van der Waals surface area contributed by atoms with Crippen LogP contribution in [0.4, 0.5) is 5.69 Å². The smallest absolute Gasteiger partial charge is 0.0808 e. The molecule has 31 heavy (non-hydrogen) atoms. The van der Waals surface area contributed by atoms with Crippen LogP contribution in [-0.2, 0) is 0 Å². The van der Waals surface area contributed by atoms with Gasteiger partial charge >= 0.3 is 0 Å². The van der Waals surface area contributed by atoms with Gasteiger partial charge in [-0.25, -0.2) is 4.98 Å². The molecule has 0 radical (unpaired) electrons. The van der Waals surface area contributed by atoms with E-state index < -0.39 is 0 Å². The summed E-state index contributed by atoms with van der Waals surface area (Å²) in [6.07, 6.45) is 10.0. The van der Waals surface area contributed by atoms with Gasteiger partial charge in [0.05, 0.1) is 16.7 Å². The summed E-state index contributed by atoms with van der Waals surface area (Å²) in [4.78, 5) is 5.02. The Labute approximate surface area is 186 Å². The van der Waals surface area contributed by atoms with Gasteiger partial charge in [0.2, 0.25) is 0 Å². The Morgan fingerprint density at radius 2 is 1.52 bits per heavy atom. The number of nitrogens with zero attached hydrogens (tertiary/aromatic N) is 1. The zero-order valence-electron chi connectivity index (χ0n) is 18.7. The van der Waals surface area contributed by atoms with Gasteiger partial charge in [-0.15, -0.1) is 0 Å². The van der Waals surface area contributed by atoms with Crippen molar-refractivity contribution in [2.24, 2.45) is 5.73 Å². The van der Waals surface area contributed by atoms with E-state index in [9.17, 15) is 0 Å². The number of para-hydroxylation sites is 1. The Kier molecular flexibility index (Phi) is 7.37. The lowest BCUT2D eigenvalue weighted by Crippen LogP contribution is -2.23. The number of nitrogens with two attached hydrogens (primary N) is 1. The first kappa shape index (κ1) is 21.6. The standard InChI is InChI=1S/C28H35N3/c1-2-3-4-5-6-7-13-22(29)19-20-30-27-24-15-10-11-16-26(24)31-28-23-14-9-8-12-21(23)17-18-25(27)28/h8-12,14-18,22H,2-7,13,19-20,29H2,1H3,(H,30,31). The summed E-state index contributed by atoms with van der Waals surface area (Å²) in [5.41, 5.74) is 9.70. The van der Waals surface area contributed by atoms with Gasteiger partial charge in [-0.2, -0.15) is 0 Å². The van der Waals surface area contributed by atoms with Gasteiger partial charge in [0.25, 0.3) is 0 Å². The molecule has 162 valence electrons. The molecule has 0 aliphatic heterocycles. The van der Waals surface area contributed by atoms with E-state index >= 15 is 0 Å². The van der Waals surface area contributed by atoms with Crippen molar-refractivity contribution in [3.8, 4) is 0 Å². The molecule has 3 nitrogen and oxygen atoms in total. The molecule has 1 aromatic heterocycles. The monoisotopic (exact) mass is 413 g/mol. The third-order valence-corrected chi connectivity index (χ3v) is 6.32. The van der Waals surface area contributed by atoms with Crippen molar-refractivity contribution in [1.82, 2.24) is 4.98 Å². The molecule has 0 amide bonds. The number of anilines is 1. The van der Waals surface area contributed by atoms with Crippen molar-refractivity contribution < 1.29 is 0 Å². The normalized spacial score (nSPS) is 12.6. The van der Waals surface area contributed by atoms with Crippen LogP contribution in [0.15, 0.2) is 60.7 Å². The van der Waals surface area contributed by atoms with Gasteiger partial charge in [0.15, 0.2) is 0 Å². The van der Waals surface area contributed by atoms with Crippen LogP contribution in [0, 0.1) is 0 Å². The SMILES string of the molecule is CCCCCCCCC(N)CCNc1c2ccccc2nc2c1ccc1ccccc12. The predicted octanol–water partition coefficient (Wildman–Crippen LogP) is 7.42. The number of unbranched alkanes of at least 4 members (excludes halogenated alkanes) is 5. The summed E-state index contributed by atoms with van der Waals surface area (Å²) in [5.74, 6) is 0. The van der Waals surface area contributed by atoms with Crippen LogP contribution in [0.25, 0.3) is 32.6 Å². The molecule has 0 saturated carbocycles. The van der Waals surface area contributed by atoms with E-state index in [1.165, 1.54) is 65.8 Å².